The highest BCUT2D eigenvalue weighted by molar-refractivity contribution is 7.15. The number of para-hydroxylation sites is 1. The molecule has 0 aliphatic carbocycles. The molecule has 25 heavy (non-hydrogen) atoms. The number of rotatable bonds is 4. The number of hydrogen-bond donors (Lipinski definition) is 1. The molecule has 1 aliphatic heterocycles. The van der Waals surface area contributed by atoms with Gasteiger partial charge in [0.1, 0.15) is 0 Å². The quantitative estimate of drug-likeness (QED) is 0.763. The SMILES string of the molecule is O=C(NCc1cn2ccsc2n1)C1CC(=O)N(c2ccccc2Cl)C1. The molecule has 2 amide bonds. The Hall–Kier alpha value is -2.38. The highest BCUT2D eigenvalue weighted by atomic mass is 35.5. The number of hydrogen-bond acceptors (Lipinski definition) is 4. The number of nitrogens with zero attached hydrogens (tertiary/aromatic N) is 3. The molecule has 0 spiro atoms. The van der Waals surface area contributed by atoms with Gasteiger partial charge in [-0.1, -0.05) is 23.7 Å². The standard InChI is InChI=1S/C17H15ClN4O2S/c18-13-3-1-2-4-14(13)22-9-11(7-15(22)23)16(24)19-8-12-10-21-5-6-25-17(21)20-12/h1-6,10-11H,7-9H2,(H,19,24). The first-order valence-electron chi connectivity index (χ1n) is 7.85. The van der Waals surface area contributed by atoms with Gasteiger partial charge in [-0.2, -0.15) is 0 Å². The van der Waals surface area contributed by atoms with Crippen LogP contribution in [0.25, 0.3) is 4.96 Å². The number of fused-ring (bicyclic) bond motifs is 1. The summed E-state index contributed by atoms with van der Waals surface area (Å²) in [6.07, 6.45) is 4.01. The van der Waals surface area contributed by atoms with E-state index < -0.39 is 0 Å². The number of imidazole rings is 1. The van der Waals surface area contributed by atoms with Gasteiger partial charge < -0.3 is 10.2 Å². The number of carbonyl (C=O) groups is 2. The number of carbonyl (C=O) groups excluding carboxylic acids is 2. The zero-order valence-electron chi connectivity index (χ0n) is 13.2. The van der Waals surface area contributed by atoms with Crippen molar-refractivity contribution in [3.63, 3.8) is 0 Å². The maximum absolute atomic E-state index is 12.4. The van der Waals surface area contributed by atoms with Crippen molar-refractivity contribution in [2.75, 3.05) is 11.4 Å². The molecule has 3 heterocycles. The van der Waals surface area contributed by atoms with E-state index in [1.54, 1.807) is 28.4 Å². The summed E-state index contributed by atoms with van der Waals surface area (Å²) in [7, 11) is 0. The lowest BCUT2D eigenvalue weighted by molar-refractivity contribution is -0.126. The van der Waals surface area contributed by atoms with Crippen molar-refractivity contribution in [3.8, 4) is 0 Å². The van der Waals surface area contributed by atoms with E-state index in [2.05, 4.69) is 10.3 Å². The minimum Gasteiger partial charge on any atom is -0.350 e. The third-order valence-corrected chi connectivity index (χ3v) is 5.32. The van der Waals surface area contributed by atoms with Crippen molar-refractivity contribution in [3.05, 3.63) is 52.8 Å². The second-order valence-electron chi connectivity index (χ2n) is 5.90. The molecule has 1 aromatic carbocycles. The molecule has 8 heteroatoms. The van der Waals surface area contributed by atoms with Crippen LogP contribution in [0.15, 0.2) is 42.0 Å². The lowest BCUT2D eigenvalue weighted by Crippen LogP contribution is -2.32. The van der Waals surface area contributed by atoms with Crippen molar-refractivity contribution in [2.24, 2.45) is 5.92 Å². The van der Waals surface area contributed by atoms with Gasteiger partial charge in [-0.15, -0.1) is 11.3 Å². The lowest BCUT2D eigenvalue weighted by atomic mass is 10.1. The molecule has 4 rings (SSSR count). The number of nitrogens with one attached hydrogen (secondary N) is 1. The van der Waals surface area contributed by atoms with Crippen LogP contribution in [0, 0.1) is 5.92 Å². The monoisotopic (exact) mass is 374 g/mol. The van der Waals surface area contributed by atoms with E-state index in [4.69, 9.17) is 11.6 Å². The fourth-order valence-corrected chi connectivity index (χ4v) is 3.93. The Labute approximate surface area is 153 Å². The number of benzene rings is 1. The van der Waals surface area contributed by atoms with Crippen LogP contribution in [0.3, 0.4) is 0 Å². The summed E-state index contributed by atoms with van der Waals surface area (Å²) in [5, 5.41) is 5.34. The third-order valence-electron chi connectivity index (χ3n) is 4.23. The van der Waals surface area contributed by atoms with Gasteiger partial charge in [-0.05, 0) is 12.1 Å². The first-order chi connectivity index (χ1) is 12.1. The highest BCUT2D eigenvalue weighted by Crippen LogP contribution is 2.31. The van der Waals surface area contributed by atoms with E-state index in [1.165, 1.54) is 0 Å². The predicted octanol–water partition coefficient (Wildman–Crippen LogP) is 2.72. The molecule has 3 aromatic rings. The van der Waals surface area contributed by atoms with Crippen molar-refractivity contribution in [1.29, 1.82) is 0 Å². The van der Waals surface area contributed by atoms with Crippen LogP contribution in [-0.2, 0) is 16.1 Å². The maximum Gasteiger partial charge on any atom is 0.227 e. The maximum atomic E-state index is 12.4. The van der Waals surface area contributed by atoms with E-state index >= 15 is 0 Å². The van der Waals surface area contributed by atoms with Crippen molar-refractivity contribution in [2.45, 2.75) is 13.0 Å². The summed E-state index contributed by atoms with van der Waals surface area (Å²) >= 11 is 7.70. The zero-order chi connectivity index (χ0) is 17.4. The van der Waals surface area contributed by atoms with Gasteiger partial charge in [0.2, 0.25) is 11.8 Å². The molecule has 0 bridgehead atoms. The molecule has 1 unspecified atom stereocenters. The fourth-order valence-electron chi connectivity index (χ4n) is 2.97. The average Bonchev–Trinajstić information content (AvgIpc) is 3.27. The van der Waals surface area contributed by atoms with Gasteiger partial charge in [-0.3, -0.25) is 14.0 Å². The average molecular weight is 375 g/mol. The van der Waals surface area contributed by atoms with Crippen molar-refractivity contribution >= 4 is 45.4 Å². The Kier molecular flexibility index (Phi) is 4.19. The molecule has 1 saturated heterocycles. The largest absolute Gasteiger partial charge is 0.350 e. The molecule has 1 N–H and O–H groups in total. The van der Waals surface area contributed by atoms with E-state index in [0.717, 1.165) is 10.7 Å². The molecule has 1 aliphatic rings. The Morgan fingerprint density at radius 2 is 2.24 bits per heavy atom. The second-order valence-corrected chi connectivity index (χ2v) is 7.18. The molecular weight excluding hydrogens is 360 g/mol. The van der Waals surface area contributed by atoms with Gasteiger partial charge in [-0.25, -0.2) is 4.98 Å². The van der Waals surface area contributed by atoms with Crippen molar-refractivity contribution in [1.82, 2.24) is 14.7 Å². The molecule has 1 atom stereocenters. The number of anilines is 1. The van der Waals surface area contributed by atoms with Crippen LogP contribution < -0.4 is 10.2 Å². The highest BCUT2D eigenvalue weighted by Gasteiger charge is 2.35. The molecule has 6 nitrogen and oxygen atoms in total. The second kappa shape index (κ2) is 6.50. The molecule has 0 saturated carbocycles. The van der Waals surface area contributed by atoms with Gasteiger partial charge in [0, 0.05) is 30.7 Å². The van der Waals surface area contributed by atoms with Gasteiger partial charge in [0.25, 0.3) is 0 Å². The first kappa shape index (κ1) is 16.1. The fraction of sp³-hybridized carbons (Fsp3) is 0.235. The van der Waals surface area contributed by atoms with E-state index in [1.807, 2.05) is 34.3 Å². The normalized spacial score (nSPS) is 17.4. The summed E-state index contributed by atoms with van der Waals surface area (Å²) in [5.41, 5.74) is 1.45. The van der Waals surface area contributed by atoms with Crippen LogP contribution in [0.4, 0.5) is 5.69 Å². The number of halogens is 1. The first-order valence-corrected chi connectivity index (χ1v) is 9.11. The summed E-state index contributed by atoms with van der Waals surface area (Å²) in [5.74, 6) is -0.609. The van der Waals surface area contributed by atoms with Crippen LogP contribution in [0.5, 0.6) is 0 Å². The Balaban J connectivity index is 1.40. The summed E-state index contributed by atoms with van der Waals surface area (Å²) in [4.78, 5) is 31.6. The molecule has 1 fully saturated rings. The molecule has 0 radical (unpaired) electrons. The smallest absolute Gasteiger partial charge is 0.227 e. The summed E-state index contributed by atoms with van der Waals surface area (Å²) < 4.78 is 1.92. The van der Waals surface area contributed by atoms with Crippen LogP contribution >= 0.6 is 22.9 Å². The van der Waals surface area contributed by atoms with Crippen LogP contribution in [0.2, 0.25) is 5.02 Å². The lowest BCUT2D eigenvalue weighted by Gasteiger charge is -2.17. The minimum absolute atomic E-state index is 0.0873. The van der Waals surface area contributed by atoms with Crippen LogP contribution in [-0.4, -0.2) is 27.7 Å². The van der Waals surface area contributed by atoms with Crippen LogP contribution in [0.1, 0.15) is 12.1 Å². The molecule has 128 valence electrons. The van der Waals surface area contributed by atoms with Crippen molar-refractivity contribution < 1.29 is 9.59 Å². The molecular formula is C17H15ClN4O2S. The molecule has 2 aromatic heterocycles. The minimum atomic E-state index is -0.382. The summed E-state index contributed by atoms with van der Waals surface area (Å²) in [6.45, 7) is 0.691. The van der Waals surface area contributed by atoms with Gasteiger partial charge >= 0.3 is 0 Å². The Morgan fingerprint density at radius 3 is 3.04 bits per heavy atom. The van der Waals surface area contributed by atoms with E-state index in [9.17, 15) is 9.59 Å². The van der Waals surface area contributed by atoms with Gasteiger partial charge in [0.05, 0.1) is 28.9 Å². The predicted molar refractivity (Wildman–Crippen MR) is 96.8 cm³/mol. The zero-order valence-corrected chi connectivity index (χ0v) is 14.8. The number of amides is 2. The summed E-state index contributed by atoms with van der Waals surface area (Å²) in [6, 6.07) is 7.17. The Morgan fingerprint density at radius 1 is 1.40 bits per heavy atom. The number of aromatic nitrogens is 2. The third kappa shape index (κ3) is 3.12. The van der Waals surface area contributed by atoms with Gasteiger partial charge in [0.15, 0.2) is 4.96 Å². The number of thiazole rings is 1. The van der Waals surface area contributed by atoms with E-state index in [0.29, 0.717) is 23.8 Å². The topological polar surface area (TPSA) is 66.7 Å². The van der Waals surface area contributed by atoms with E-state index in [-0.39, 0.29) is 24.2 Å². The Bertz CT molecular complexity index is 922.